The highest BCUT2D eigenvalue weighted by Gasteiger charge is 2.08. The molecule has 5 heteroatoms. The summed E-state index contributed by atoms with van der Waals surface area (Å²) in [6.07, 6.45) is 0. The van der Waals surface area contributed by atoms with Crippen LogP contribution in [0, 0.1) is 0 Å². The molecule has 0 spiro atoms. The SMILES string of the molecule is CCOCc1nc(C(=O)CCl)cs1. The molecule has 0 atom stereocenters. The number of carbonyl (C=O) groups is 1. The number of nitrogens with zero attached hydrogens (tertiary/aromatic N) is 1. The summed E-state index contributed by atoms with van der Waals surface area (Å²) in [5, 5.41) is 2.52. The van der Waals surface area contributed by atoms with Gasteiger partial charge in [0.2, 0.25) is 0 Å². The first-order valence-electron chi connectivity index (χ1n) is 3.89. The highest BCUT2D eigenvalue weighted by Crippen LogP contribution is 2.11. The van der Waals surface area contributed by atoms with E-state index in [1.54, 1.807) is 5.38 Å². The summed E-state index contributed by atoms with van der Waals surface area (Å²) < 4.78 is 5.15. The van der Waals surface area contributed by atoms with Crippen LogP contribution in [0.25, 0.3) is 0 Å². The first-order chi connectivity index (χ1) is 6.27. The Kier molecular flexibility index (Phi) is 4.35. The maximum absolute atomic E-state index is 11.1. The van der Waals surface area contributed by atoms with Crippen LogP contribution in [0.5, 0.6) is 0 Å². The molecule has 0 fully saturated rings. The van der Waals surface area contributed by atoms with Gasteiger partial charge in [-0.25, -0.2) is 4.98 Å². The minimum Gasteiger partial charge on any atom is -0.375 e. The van der Waals surface area contributed by atoms with Gasteiger partial charge >= 0.3 is 0 Å². The van der Waals surface area contributed by atoms with Crippen molar-refractivity contribution in [3.05, 3.63) is 16.1 Å². The van der Waals surface area contributed by atoms with E-state index in [4.69, 9.17) is 16.3 Å². The van der Waals surface area contributed by atoms with E-state index in [1.807, 2.05) is 6.92 Å². The molecule has 0 saturated carbocycles. The number of rotatable bonds is 5. The van der Waals surface area contributed by atoms with Crippen molar-refractivity contribution in [1.82, 2.24) is 4.98 Å². The minimum absolute atomic E-state index is 0.0161. The lowest BCUT2D eigenvalue weighted by Crippen LogP contribution is -2.01. The number of hydrogen-bond acceptors (Lipinski definition) is 4. The summed E-state index contributed by atoms with van der Waals surface area (Å²) >= 11 is 6.80. The molecule has 0 aliphatic rings. The lowest BCUT2D eigenvalue weighted by atomic mass is 10.3. The monoisotopic (exact) mass is 219 g/mol. The molecule has 1 rings (SSSR count). The average molecular weight is 220 g/mol. The van der Waals surface area contributed by atoms with Gasteiger partial charge in [-0.2, -0.15) is 0 Å². The summed E-state index contributed by atoms with van der Waals surface area (Å²) in [7, 11) is 0. The van der Waals surface area contributed by atoms with E-state index in [2.05, 4.69) is 4.98 Å². The van der Waals surface area contributed by atoms with E-state index >= 15 is 0 Å². The normalized spacial score (nSPS) is 10.3. The van der Waals surface area contributed by atoms with Gasteiger partial charge in [0.15, 0.2) is 5.78 Å². The van der Waals surface area contributed by atoms with Crippen molar-refractivity contribution in [2.75, 3.05) is 12.5 Å². The number of halogens is 1. The Labute approximate surface area is 85.7 Å². The van der Waals surface area contributed by atoms with Crippen molar-refractivity contribution >= 4 is 28.7 Å². The van der Waals surface area contributed by atoms with Crippen LogP contribution in [-0.4, -0.2) is 23.3 Å². The Hall–Kier alpha value is -0.450. The van der Waals surface area contributed by atoms with Gasteiger partial charge in [-0.15, -0.1) is 22.9 Å². The molecule has 0 amide bonds. The molecule has 13 heavy (non-hydrogen) atoms. The highest BCUT2D eigenvalue weighted by atomic mass is 35.5. The zero-order chi connectivity index (χ0) is 9.68. The van der Waals surface area contributed by atoms with Gasteiger partial charge in [0.1, 0.15) is 10.7 Å². The second-order valence-corrected chi connectivity index (χ2v) is 3.53. The lowest BCUT2D eigenvalue weighted by molar-refractivity contribution is 0.101. The van der Waals surface area contributed by atoms with Crippen LogP contribution in [-0.2, 0) is 11.3 Å². The smallest absolute Gasteiger partial charge is 0.196 e. The Morgan fingerprint density at radius 1 is 1.77 bits per heavy atom. The van der Waals surface area contributed by atoms with Crippen molar-refractivity contribution in [2.24, 2.45) is 0 Å². The van der Waals surface area contributed by atoms with Crippen LogP contribution >= 0.6 is 22.9 Å². The molecule has 1 aromatic rings. The first kappa shape index (κ1) is 10.6. The summed E-state index contributed by atoms with van der Waals surface area (Å²) in [4.78, 5) is 15.2. The number of hydrogen-bond donors (Lipinski definition) is 0. The molecule has 0 unspecified atom stereocenters. The largest absolute Gasteiger partial charge is 0.375 e. The molecule has 0 aliphatic heterocycles. The number of Topliss-reactive ketones (excluding diaryl/α,β-unsaturated/α-hetero) is 1. The highest BCUT2D eigenvalue weighted by molar-refractivity contribution is 7.09. The zero-order valence-electron chi connectivity index (χ0n) is 7.25. The van der Waals surface area contributed by atoms with Crippen LogP contribution in [0.1, 0.15) is 22.4 Å². The Morgan fingerprint density at radius 3 is 3.15 bits per heavy atom. The lowest BCUT2D eigenvalue weighted by Gasteiger charge is -1.94. The third kappa shape index (κ3) is 3.06. The number of aromatic nitrogens is 1. The van der Waals surface area contributed by atoms with Crippen LogP contribution in [0.4, 0.5) is 0 Å². The second kappa shape index (κ2) is 5.32. The first-order valence-corrected chi connectivity index (χ1v) is 5.30. The fraction of sp³-hybridized carbons (Fsp3) is 0.500. The topological polar surface area (TPSA) is 39.2 Å². The fourth-order valence-corrected chi connectivity index (χ4v) is 1.63. The molecule has 3 nitrogen and oxygen atoms in total. The van der Waals surface area contributed by atoms with Crippen LogP contribution < -0.4 is 0 Å². The van der Waals surface area contributed by atoms with E-state index < -0.39 is 0 Å². The van der Waals surface area contributed by atoms with Gasteiger partial charge in [0, 0.05) is 12.0 Å². The molecule has 0 aromatic carbocycles. The number of carbonyl (C=O) groups excluding carboxylic acids is 1. The van der Waals surface area contributed by atoms with Gasteiger partial charge in [-0.1, -0.05) is 0 Å². The standard InChI is InChI=1S/C8H10ClNO2S/c1-2-12-4-8-10-6(5-13-8)7(11)3-9/h5H,2-4H2,1H3. The maximum atomic E-state index is 11.1. The number of ether oxygens (including phenoxy) is 1. The predicted molar refractivity (Wildman–Crippen MR) is 52.5 cm³/mol. The average Bonchev–Trinajstić information content (AvgIpc) is 2.62. The van der Waals surface area contributed by atoms with E-state index in [0.717, 1.165) is 5.01 Å². The zero-order valence-corrected chi connectivity index (χ0v) is 8.82. The number of thiazole rings is 1. The second-order valence-electron chi connectivity index (χ2n) is 2.32. The van der Waals surface area contributed by atoms with Crippen molar-refractivity contribution < 1.29 is 9.53 Å². The van der Waals surface area contributed by atoms with Gasteiger partial charge in [0.05, 0.1) is 12.5 Å². The van der Waals surface area contributed by atoms with Crippen molar-refractivity contribution in [3.8, 4) is 0 Å². The summed E-state index contributed by atoms with van der Waals surface area (Å²) in [6.45, 7) is 3.04. The van der Waals surface area contributed by atoms with Gasteiger partial charge in [-0.3, -0.25) is 4.79 Å². The van der Waals surface area contributed by atoms with Crippen LogP contribution in [0.15, 0.2) is 5.38 Å². The quantitative estimate of drug-likeness (QED) is 0.563. The van der Waals surface area contributed by atoms with E-state index in [1.165, 1.54) is 11.3 Å². The Morgan fingerprint density at radius 2 is 2.54 bits per heavy atom. The third-order valence-electron chi connectivity index (χ3n) is 1.39. The summed E-state index contributed by atoms with van der Waals surface area (Å²) in [6, 6.07) is 0. The van der Waals surface area contributed by atoms with Crippen molar-refractivity contribution in [2.45, 2.75) is 13.5 Å². The summed E-state index contributed by atoms with van der Waals surface area (Å²) in [5.74, 6) is -0.154. The molecule has 0 bridgehead atoms. The molecule has 72 valence electrons. The van der Waals surface area contributed by atoms with Gasteiger partial charge < -0.3 is 4.74 Å². The van der Waals surface area contributed by atoms with Crippen LogP contribution in [0.2, 0.25) is 0 Å². The third-order valence-corrected chi connectivity index (χ3v) is 2.45. The summed E-state index contributed by atoms with van der Waals surface area (Å²) in [5.41, 5.74) is 0.440. The maximum Gasteiger partial charge on any atom is 0.196 e. The van der Waals surface area contributed by atoms with Crippen molar-refractivity contribution in [1.29, 1.82) is 0 Å². The predicted octanol–water partition coefficient (Wildman–Crippen LogP) is 2.10. The van der Waals surface area contributed by atoms with Gasteiger partial charge in [-0.05, 0) is 6.92 Å². The molecular formula is C8H10ClNO2S. The number of alkyl halides is 1. The molecular weight excluding hydrogens is 210 g/mol. The van der Waals surface area contributed by atoms with Crippen molar-refractivity contribution in [3.63, 3.8) is 0 Å². The molecule has 1 aromatic heterocycles. The minimum atomic E-state index is -0.138. The fourth-order valence-electron chi connectivity index (χ4n) is 0.763. The Bertz CT molecular complexity index is 287. The van der Waals surface area contributed by atoms with Crippen LogP contribution in [0.3, 0.4) is 0 Å². The molecule has 0 radical (unpaired) electrons. The Balaban J connectivity index is 2.58. The van der Waals surface area contributed by atoms with E-state index in [9.17, 15) is 4.79 Å². The molecule has 0 saturated heterocycles. The van der Waals surface area contributed by atoms with E-state index in [-0.39, 0.29) is 11.7 Å². The number of ketones is 1. The van der Waals surface area contributed by atoms with E-state index in [0.29, 0.717) is 18.9 Å². The molecule has 1 heterocycles. The van der Waals surface area contributed by atoms with Gasteiger partial charge in [0.25, 0.3) is 0 Å². The molecule has 0 aliphatic carbocycles. The molecule has 0 N–H and O–H groups in total.